The number of hydrogen-bond acceptors (Lipinski definition) is 5. The standard InChI is InChI=1S/C31H36F3N5O/c1-19(2)30(6,40)25-10-9-22(5)28(16-25)27-11-8-20(3)13-24(27)18-39(29-35-37-38(7)36-29)17-23-12-21(4)14-26(15-23)31(32,33)34/h8-16,19,40H,17-18H2,1-7H3. The summed E-state index contributed by atoms with van der Waals surface area (Å²) in [6.07, 6.45) is -4.44. The molecule has 0 amide bonds. The van der Waals surface area contributed by atoms with Crippen LogP contribution in [0.15, 0.2) is 54.6 Å². The number of tetrazole rings is 1. The van der Waals surface area contributed by atoms with Crippen LogP contribution in [0.25, 0.3) is 11.1 Å². The Morgan fingerprint density at radius 3 is 2.23 bits per heavy atom. The molecule has 0 saturated carbocycles. The van der Waals surface area contributed by atoms with Gasteiger partial charge in [-0.25, -0.2) is 0 Å². The Labute approximate surface area is 233 Å². The van der Waals surface area contributed by atoms with Gasteiger partial charge in [0.1, 0.15) is 0 Å². The first kappa shape index (κ1) is 29.3. The van der Waals surface area contributed by atoms with Crippen molar-refractivity contribution in [1.29, 1.82) is 0 Å². The van der Waals surface area contributed by atoms with Gasteiger partial charge in [0.05, 0.1) is 18.2 Å². The van der Waals surface area contributed by atoms with E-state index in [1.807, 2.05) is 63.8 Å². The molecular weight excluding hydrogens is 515 g/mol. The minimum Gasteiger partial charge on any atom is -0.385 e. The maximum atomic E-state index is 13.6. The molecule has 1 N–H and O–H groups in total. The largest absolute Gasteiger partial charge is 0.416 e. The lowest BCUT2D eigenvalue weighted by Crippen LogP contribution is -2.28. The summed E-state index contributed by atoms with van der Waals surface area (Å²) in [5, 5.41) is 23.7. The maximum Gasteiger partial charge on any atom is 0.416 e. The summed E-state index contributed by atoms with van der Waals surface area (Å²) in [6.45, 7) is 12.0. The normalized spacial score (nSPS) is 13.5. The molecule has 0 spiro atoms. The van der Waals surface area contributed by atoms with Gasteiger partial charge in [0.2, 0.25) is 0 Å². The van der Waals surface area contributed by atoms with E-state index in [4.69, 9.17) is 0 Å². The number of aryl methyl sites for hydroxylation is 4. The second-order valence-electron chi connectivity index (χ2n) is 11.1. The highest BCUT2D eigenvalue weighted by Crippen LogP contribution is 2.36. The van der Waals surface area contributed by atoms with Crippen LogP contribution in [0.1, 0.15) is 59.7 Å². The van der Waals surface area contributed by atoms with E-state index in [1.54, 1.807) is 20.0 Å². The summed E-state index contributed by atoms with van der Waals surface area (Å²) in [6, 6.07) is 16.2. The molecule has 0 aliphatic rings. The molecule has 40 heavy (non-hydrogen) atoms. The molecule has 1 unspecified atom stereocenters. The van der Waals surface area contributed by atoms with Crippen molar-refractivity contribution in [1.82, 2.24) is 20.2 Å². The van der Waals surface area contributed by atoms with E-state index < -0.39 is 17.3 Å². The first-order valence-electron chi connectivity index (χ1n) is 13.2. The highest BCUT2D eigenvalue weighted by atomic mass is 19.4. The third kappa shape index (κ3) is 6.36. The topological polar surface area (TPSA) is 67.1 Å². The molecule has 3 aromatic carbocycles. The second kappa shape index (κ2) is 11.0. The minimum absolute atomic E-state index is 0.00897. The Morgan fingerprint density at radius 1 is 0.875 bits per heavy atom. The van der Waals surface area contributed by atoms with Crippen molar-refractivity contribution >= 4 is 5.95 Å². The van der Waals surface area contributed by atoms with Crippen molar-refractivity contribution in [2.45, 2.75) is 66.4 Å². The van der Waals surface area contributed by atoms with Gasteiger partial charge in [-0.3, -0.25) is 0 Å². The molecule has 1 aromatic heterocycles. The van der Waals surface area contributed by atoms with Gasteiger partial charge >= 0.3 is 6.18 Å². The van der Waals surface area contributed by atoms with Gasteiger partial charge in [0.15, 0.2) is 0 Å². The number of aliphatic hydroxyl groups is 1. The quantitative estimate of drug-likeness (QED) is 0.258. The predicted octanol–water partition coefficient (Wildman–Crippen LogP) is 6.89. The van der Waals surface area contributed by atoms with Gasteiger partial charge < -0.3 is 10.0 Å². The van der Waals surface area contributed by atoms with Crippen LogP contribution in [0.5, 0.6) is 0 Å². The number of anilines is 1. The monoisotopic (exact) mass is 551 g/mol. The van der Waals surface area contributed by atoms with Crippen LogP contribution in [0.3, 0.4) is 0 Å². The van der Waals surface area contributed by atoms with Crippen LogP contribution < -0.4 is 4.90 Å². The van der Waals surface area contributed by atoms with Gasteiger partial charge in [-0.15, -0.1) is 5.10 Å². The van der Waals surface area contributed by atoms with Gasteiger partial charge in [0.25, 0.3) is 5.95 Å². The number of halogens is 3. The predicted molar refractivity (Wildman–Crippen MR) is 151 cm³/mol. The first-order chi connectivity index (χ1) is 18.6. The second-order valence-corrected chi connectivity index (χ2v) is 11.1. The van der Waals surface area contributed by atoms with Crippen LogP contribution in [0.2, 0.25) is 0 Å². The van der Waals surface area contributed by atoms with Gasteiger partial charge in [0, 0.05) is 13.1 Å². The summed E-state index contributed by atoms with van der Waals surface area (Å²) in [4.78, 5) is 3.17. The molecule has 0 aliphatic carbocycles. The fraction of sp³-hybridized carbons (Fsp3) is 0.387. The molecule has 4 aromatic rings. The van der Waals surface area contributed by atoms with Crippen molar-refractivity contribution in [2.75, 3.05) is 4.90 Å². The zero-order valence-corrected chi connectivity index (χ0v) is 24.0. The molecule has 1 atom stereocenters. The fourth-order valence-electron chi connectivity index (χ4n) is 4.82. The molecule has 0 aliphatic heterocycles. The average molecular weight is 552 g/mol. The van der Waals surface area contributed by atoms with Crippen LogP contribution >= 0.6 is 0 Å². The molecule has 1 heterocycles. The van der Waals surface area contributed by atoms with E-state index in [2.05, 4.69) is 27.5 Å². The van der Waals surface area contributed by atoms with Crippen molar-refractivity contribution < 1.29 is 18.3 Å². The summed E-state index contributed by atoms with van der Waals surface area (Å²) in [5.74, 6) is 0.327. The third-order valence-electron chi connectivity index (χ3n) is 7.48. The average Bonchev–Trinajstić information content (AvgIpc) is 3.29. The van der Waals surface area contributed by atoms with Crippen molar-refractivity contribution in [3.63, 3.8) is 0 Å². The number of alkyl halides is 3. The molecule has 9 heteroatoms. The summed E-state index contributed by atoms with van der Waals surface area (Å²) < 4.78 is 40.7. The zero-order valence-electron chi connectivity index (χ0n) is 24.0. The van der Waals surface area contributed by atoms with Crippen LogP contribution in [-0.4, -0.2) is 25.3 Å². The lowest BCUT2D eigenvalue weighted by molar-refractivity contribution is -0.137. The summed E-state index contributed by atoms with van der Waals surface area (Å²) in [7, 11) is 1.65. The van der Waals surface area contributed by atoms with E-state index in [1.165, 1.54) is 10.9 Å². The molecule has 6 nitrogen and oxygen atoms in total. The number of nitrogens with zero attached hydrogens (tertiary/aromatic N) is 5. The summed E-state index contributed by atoms with van der Waals surface area (Å²) >= 11 is 0. The maximum absolute atomic E-state index is 13.6. The van der Waals surface area contributed by atoms with Crippen molar-refractivity contribution in [3.05, 3.63) is 93.5 Å². The number of hydrogen-bond donors (Lipinski definition) is 1. The van der Waals surface area contributed by atoms with E-state index in [0.717, 1.165) is 39.4 Å². The Kier molecular flexibility index (Phi) is 8.08. The smallest absolute Gasteiger partial charge is 0.385 e. The molecule has 4 rings (SSSR count). The van der Waals surface area contributed by atoms with E-state index in [0.29, 0.717) is 23.6 Å². The van der Waals surface area contributed by atoms with E-state index in [9.17, 15) is 18.3 Å². The Bertz CT molecular complexity index is 1510. The highest BCUT2D eigenvalue weighted by Gasteiger charge is 2.31. The Balaban J connectivity index is 1.80. The molecule has 0 bridgehead atoms. The van der Waals surface area contributed by atoms with Gasteiger partial charge in [-0.2, -0.15) is 18.0 Å². The molecule has 212 valence electrons. The lowest BCUT2D eigenvalue weighted by atomic mass is 9.82. The number of rotatable bonds is 8. The Morgan fingerprint density at radius 2 is 1.60 bits per heavy atom. The Hall–Kier alpha value is -3.72. The number of aromatic nitrogens is 4. The van der Waals surface area contributed by atoms with E-state index in [-0.39, 0.29) is 12.5 Å². The van der Waals surface area contributed by atoms with Gasteiger partial charge in [-0.05, 0) is 90.4 Å². The first-order valence-corrected chi connectivity index (χ1v) is 13.2. The molecule has 0 saturated heterocycles. The fourth-order valence-corrected chi connectivity index (χ4v) is 4.82. The van der Waals surface area contributed by atoms with Crippen LogP contribution in [-0.2, 0) is 31.9 Å². The van der Waals surface area contributed by atoms with Crippen LogP contribution in [0, 0.1) is 26.7 Å². The molecule has 0 radical (unpaired) electrons. The molecule has 0 fully saturated rings. The summed E-state index contributed by atoms with van der Waals surface area (Å²) in [5.41, 5.74) is 5.16. The van der Waals surface area contributed by atoms with Crippen molar-refractivity contribution in [3.8, 4) is 11.1 Å². The minimum atomic E-state index is -4.44. The molecular formula is C31H36F3N5O. The van der Waals surface area contributed by atoms with Crippen LogP contribution in [0.4, 0.5) is 19.1 Å². The lowest BCUT2D eigenvalue weighted by Gasteiger charge is -2.29. The van der Waals surface area contributed by atoms with E-state index >= 15 is 0 Å². The highest BCUT2D eigenvalue weighted by molar-refractivity contribution is 5.72. The zero-order chi connectivity index (χ0) is 29.4. The SMILES string of the molecule is Cc1cc(CN(Cc2cc(C)ccc2-c2cc(C(C)(O)C(C)C)ccc2C)c2nnn(C)n2)cc(C(F)(F)F)c1. The third-order valence-corrected chi connectivity index (χ3v) is 7.48. The number of benzene rings is 3. The van der Waals surface area contributed by atoms with Gasteiger partial charge in [-0.1, -0.05) is 66.5 Å². The van der Waals surface area contributed by atoms with Crippen molar-refractivity contribution in [2.24, 2.45) is 13.0 Å².